The van der Waals surface area contributed by atoms with Crippen LogP contribution in [0.3, 0.4) is 0 Å². The van der Waals surface area contributed by atoms with Gasteiger partial charge < -0.3 is 5.73 Å². The number of nitrogens with two attached hydrogens (primary N) is 1. The van der Waals surface area contributed by atoms with Crippen molar-refractivity contribution in [3.8, 4) is 11.8 Å². The summed E-state index contributed by atoms with van der Waals surface area (Å²) in [6.07, 6.45) is 0. The van der Waals surface area contributed by atoms with E-state index in [4.69, 9.17) is 5.73 Å². The number of hydrogen-bond acceptors (Lipinski definition) is 1. The SMILES string of the molecule is Cc1cc(I)c(N)c(C#Cc2ccccc2)c1. The number of nitrogen functional groups attached to an aromatic ring is 1. The monoisotopic (exact) mass is 333 g/mol. The Morgan fingerprint density at radius 3 is 2.47 bits per heavy atom. The van der Waals surface area contributed by atoms with Crippen LogP contribution < -0.4 is 5.73 Å². The fourth-order valence-corrected chi connectivity index (χ4v) is 2.30. The maximum Gasteiger partial charge on any atom is 0.0609 e. The highest BCUT2D eigenvalue weighted by Crippen LogP contribution is 2.21. The first-order valence-corrected chi connectivity index (χ1v) is 6.37. The molecule has 1 nitrogen and oxygen atoms in total. The zero-order chi connectivity index (χ0) is 12.3. The van der Waals surface area contributed by atoms with E-state index in [2.05, 4.69) is 47.4 Å². The summed E-state index contributed by atoms with van der Waals surface area (Å²) in [7, 11) is 0. The van der Waals surface area contributed by atoms with E-state index in [0.29, 0.717) is 0 Å². The van der Waals surface area contributed by atoms with E-state index >= 15 is 0 Å². The number of hydrogen-bond donors (Lipinski definition) is 1. The molecule has 2 N–H and O–H groups in total. The molecule has 0 aliphatic carbocycles. The Kier molecular flexibility index (Phi) is 3.70. The first-order valence-electron chi connectivity index (χ1n) is 5.29. The predicted octanol–water partition coefficient (Wildman–Crippen LogP) is 3.58. The molecule has 0 aliphatic rings. The van der Waals surface area contributed by atoms with Crippen LogP contribution >= 0.6 is 22.6 Å². The van der Waals surface area contributed by atoms with Crippen molar-refractivity contribution in [3.05, 3.63) is 62.7 Å². The molecule has 0 saturated carbocycles. The summed E-state index contributed by atoms with van der Waals surface area (Å²) in [5, 5.41) is 0. The van der Waals surface area contributed by atoms with Crippen LogP contribution in [-0.4, -0.2) is 0 Å². The van der Waals surface area contributed by atoms with Crippen molar-refractivity contribution >= 4 is 28.3 Å². The Morgan fingerprint density at radius 2 is 1.76 bits per heavy atom. The van der Waals surface area contributed by atoms with Gasteiger partial charge in [0.05, 0.1) is 5.69 Å². The normalized spacial score (nSPS) is 9.53. The predicted molar refractivity (Wildman–Crippen MR) is 80.7 cm³/mol. The summed E-state index contributed by atoms with van der Waals surface area (Å²) in [5.74, 6) is 6.25. The van der Waals surface area contributed by atoms with E-state index in [-0.39, 0.29) is 0 Å². The number of halogens is 1. The van der Waals surface area contributed by atoms with Crippen molar-refractivity contribution in [1.82, 2.24) is 0 Å². The first-order chi connectivity index (χ1) is 8.16. The Morgan fingerprint density at radius 1 is 1.06 bits per heavy atom. The Hall–Kier alpha value is -1.47. The van der Waals surface area contributed by atoms with Crippen LogP contribution in [0.25, 0.3) is 0 Å². The molecule has 17 heavy (non-hydrogen) atoms. The average molecular weight is 333 g/mol. The molecule has 0 bridgehead atoms. The van der Waals surface area contributed by atoms with Crippen molar-refractivity contribution in [1.29, 1.82) is 0 Å². The maximum absolute atomic E-state index is 6.01. The second-order valence-electron chi connectivity index (χ2n) is 3.82. The molecule has 0 unspecified atom stereocenters. The number of rotatable bonds is 0. The fourth-order valence-electron chi connectivity index (χ4n) is 1.52. The minimum Gasteiger partial charge on any atom is -0.397 e. The summed E-state index contributed by atoms with van der Waals surface area (Å²) in [6.45, 7) is 2.05. The second kappa shape index (κ2) is 5.24. The molecular formula is C15H12IN. The molecule has 2 aromatic rings. The molecule has 0 amide bonds. The summed E-state index contributed by atoms with van der Waals surface area (Å²) in [5.41, 5.74) is 9.85. The molecule has 0 saturated heterocycles. The van der Waals surface area contributed by atoms with Crippen molar-refractivity contribution in [2.75, 3.05) is 5.73 Å². The van der Waals surface area contributed by atoms with Gasteiger partial charge in [0.1, 0.15) is 0 Å². The molecule has 0 spiro atoms. The minimum atomic E-state index is 0.764. The lowest BCUT2D eigenvalue weighted by atomic mass is 10.1. The summed E-state index contributed by atoms with van der Waals surface area (Å²) in [4.78, 5) is 0. The van der Waals surface area contributed by atoms with Crippen molar-refractivity contribution in [2.45, 2.75) is 6.92 Å². The number of aryl methyl sites for hydroxylation is 1. The van der Waals surface area contributed by atoms with Crippen LogP contribution in [0.5, 0.6) is 0 Å². The van der Waals surface area contributed by atoms with Gasteiger partial charge in [-0.05, 0) is 59.3 Å². The quantitative estimate of drug-likeness (QED) is 0.445. The highest BCUT2D eigenvalue weighted by Gasteiger charge is 2.01. The molecule has 0 radical (unpaired) electrons. The molecular weight excluding hydrogens is 321 g/mol. The largest absolute Gasteiger partial charge is 0.397 e. The maximum atomic E-state index is 6.01. The van der Waals surface area contributed by atoms with E-state index in [0.717, 1.165) is 20.4 Å². The number of anilines is 1. The lowest BCUT2D eigenvalue weighted by Crippen LogP contribution is -1.95. The second-order valence-corrected chi connectivity index (χ2v) is 4.99. The molecule has 2 heteroatoms. The summed E-state index contributed by atoms with van der Waals surface area (Å²) < 4.78 is 1.06. The topological polar surface area (TPSA) is 26.0 Å². The summed E-state index contributed by atoms with van der Waals surface area (Å²) in [6, 6.07) is 14.0. The molecule has 0 aliphatic heterocycles. The van der Waals surface area contributed by atoms with Crippen LogP contribution in [0.15, 0.2) is 42.5 Å². The van der Waals surface area contributed by atoms with E-state index in [1.54, 1.807) is 0 Å². The van der Waals surface area contributed by atoms with Gasteiger partial charge in [-0.25, -0.2) is 0 Å². The third-order valence-corrected chi connectivity index (χ3v) is 3.28. The minimum absolute atomic E-state index is 0.764. The van der Waals surface area contributed by atoms with Gasteiger partial charge >= 0.3 is 0 Å². The Balaban J connectivity index is 2.41. The molecule has 0 heterocycles. The third kappa shape index (κ3) is 3.01. The first kappa shape index (κ1) is 12.0. The lowest BCUT2D eigenvalue weighted by molar-refractivity contribution is 1.43. The zero-order valence-corrected chi connectivity index (χ0v) is 11.7. The molecule has 84 valence electrons. The Labute approximate surface area is 115 Å². The molecule has 0 atom stereocenters. The van der Waals surface area contributed by atoms with E-state index in [9.17, 15) is 0 Å². The van der Waals surface area contributed by atoms with Gasteiger partial charge in [-0.15, -0.1) is 0 Å². The highest BCUT2D eigenvalue weighted by atomic mass is 127. The standard InChI is InChI=1S/C15H12IN/c1-11-9-13(15(17)14(16)10-11)8-7-12-5-3-2-4-6-12/h2-6,9-10H,17H2,1H3. The van der Waals surface area contributed by atoms with Crippen LogP contribution in [-0.2, 0) is 0 Å². The van der Waals surface area contributed by atoms with Gasteiger partial charge in [0.25, 0.3) is 0 Å². The summed E-state index contributed by atoms with van der Waals surface area (Å²) >= 11 is 2.24. The van der Waals surface area contributed by atoms with Gasteiger partial charge in [-0.3, -0.25) is 0 Å². The van der Waals surface area contributed by atoms with Gasteiger partial charge in [-0.2, -0.15) is 0 Å². The Bertz CT molecular complexity index is 592. The van der Waals surface area contributed by atoms with Crippen molar-refractivity contribution in [3.63, 3.8) is 0 Å². The highest BCUT2D eigenvalue weighted by molar-refractivity contribution is 14.1. The van der Waals surface area contributed by atoms with Crippen molar-refractivity contribution < 1.29 is 0 Å². The van der Waals surface area contributed by atoms with E-state index in [1.165, 1.54) is 5.56 Å². The van der Waals surface area contributed by atoms with Gasteiger partial charge in [0, 0.05) is 14.7 Å². The average Bonchev–Trinajstić information content (AvgIpc) is 2.33. The van der Waals surface area contributed by atoms with Crippen LogP contribution in [0.1, 0.15) is 16.7 Å². The van der Waals surface area contributed by atoms with Gasteiger partial charge in [-0.1, -0.05) is 30.0 Å². The van der Waals surface area contributed by atoms with E-state index < -0.39 is 0 Å². The van der Waals surface area contributed by atoms with E-state index in [1.807, 2.05) is 36.4 Å². The van der Waals surface area contributed by atoms with Gasteiger partial charge in [0.15, 0.2) is 0 Å². The van der Waals surface area contributed by atoms with Crippen molar-refractivity contribution in [2.24, 2.45) is 0 Å². The van der Waals surface area contributed by atoms with Crippen LogP contribution in [0, 0.1) is 22.3 Å². The number of benzene rings is 2. The van der Waals surface area contributed by atoms with Gasteiger partial charge in [0.2, 0.25) is 0 Å². The molecule has 0 fully saturated rings. The molecule has 0 aromatic heterocycles. The lowest BCUT2D eigenvalue weighted by Gasteiger charge is -2.03. The van der Waals surface area contributed by atoms with Crippen LogP contribution in [0.4, 0.5) is 5.69 Å². The smallest absolute Gasteiger partial charge is 0.0609 e. The third-order valence-electron chi connectivity index (χ3n) is 2.39. The fraction of sp³-hybridized carbons (Fsp3) is 0.0667. The zero-order valence-electron chi connectivity index (χ0n) is 9.50. The molecule has 2 rings (SSSR count). The van der Waals surface area contributed by atoms with Crippen LogP contribution in [0.2, 0.25) is 0 Å². The molecule has 2 aromatic carbocycles.